The maximum atomic E-state index is 5.83. The van der Waals surface area contributed by atoms with E-state index in [2.05, 4.69) is 61.5 Å². The van der Waals surface area contributed by atoms with Gasteiger partial charge in [-0.2, -0.15) is 0 Å². The zero-order chi connectivity index (χ0) is 17.2. The monoisotopic (exact) mass is 329 g/mol. The standard InChI is InChI=1S/C20H31N3O/c1-4-7-8-9-14-24-20-12-10-18(11-13-20)17(5-2)15-19-16-23(6-3)22-21-19/h10-13,16-17H,4-9,14-15H2,1-3H3. The number of hydrogen-bond donors (Lipinski definition) is 0. The summed E-state index contributed by atoms with van der Waals surface area (Å²) in [5.41, 5.74) is 2.42. The average molecular weight is 329 g/mol. The van der Waals surface area contributed by atoms with Crippen LogP contribution in [0.4, 0.5) is 0 Å². The van der Waals surface area contributed by atoms with Crippen LogP contribution >= 0.6 is 0 Å². The summed E-state index contributed by atoms with van der Waals surface area (Å²) in [5.74, 6) is 1.45. The minimum Gasteiger partial charge on any atom is -0.494 e. The van der Waals surface area contributed by atoms with E-state index in [1.807, 2.05) is 4.68 Å². The van der Waals surface area contributed by atoms with Crippen LogP contribution in [-0.4, -0.2) is 21.6 Å². The highest BCUT2D eigenvalue weighted by atomic mass is 16.5. The van der Waals surface area contributed by atoms with Crippen LogP contribution in [0.3, 0.4) is 0 Å². The van der Waals surface area contributed by atoms with Crippen LogP contribution in [0, 0.1) is 0 Å². The van der Waals surface area contributed by atoms with Gasteiger partial charge in [0, 0.05) is 12.7 Å². The molecule has 24 heavy (non-hydrogen) atoms. The molecule has 2 rings (SSSR count). The lowest BCUT2D eigenvalue weighted by atomic mass is 9.92. The fraction of sp³-hybridized carbons (Fsp3) is 0.600. The second kappa shape index (κ2) is 10.1. The van der Waals surface area contributed by atoms with Gasteiger partial charge in [-0.15, -0.1) is 5.10 Å². The molecule has 0 fully saturated rings. The Balaban J connectivity index is 1.87. The molecule has 0 saturated heterocycles. The van der Waals surface area contributed by atoms with E-state index in [4.69, 9.17) is 4.74 Å². The molecule has 0 saturated carbocycles. The summed E-state index contributed by atoms with van der Waals surface area (Å²) in [6, 6.07) is 8.58. The Hall–Kier alpha value is -1.84. The van der Waals surface area contributed by atoms with Gasteiger partial charge in [-0.05, 0) is 49.8 Å². The minimum atomic E-state index is 0.477. The Morgan fingerprint density at radius 3 is 2.46 bits per heavy atom. The van der Waals surface area contributed by atoms with Gasteiger partial charge in [-0.1, -0.05) is 50.5 Å². The zero-order valence-electron chi connectivity index (χ0n) is 15.4. The van der Waals surface area contributed by atoms with Gasteiger partial charge in [0.2, 0.25) is 0 Å². The molecule has 0 aliphatic carbocycles. The van der Waals surface area contributed by atoms with Gasteiger partial charge >= 0.3 is 0 Å². The van der Waals surface area contributed by atoms with Gasteiger partial charge in [-0.3, -0.25) is 4.68 Å². The van der Waals surface area contributed by atoms with E-state index in [-0.39, 0.29) is 0 Å². The lowest BCUT2D eigenvalue weighted by Crippen LogP contribution is -2.03. The number of aryl methyl sites for hydroxylation is 1. The number of rotatable bonds is 11. The molecule has 2 aromatic rings. The van der Waals surface area contributed by atoms with Crippen molar-refractivity contribution in [3.05, 3.63) is 41.7 Å². The molecule has 0 N–H and O–H groups in total. The lowest BCUT2D eigenvalue weighted by molar-refractivity contribution is 0.305. The fourth-order valence-corrected chi connectivity index (χ4v) is 2.89. The molecule has 1 unspecified atom stereocenters. The van der Waals surface area contributed by atoms with Crippen molar-refractivity contribution in [2.75, 3.05) is 6.61 Å². The van der Waals surface area contributed by atoms with Gasteiger partial charge < -0.3 is 4.74 Å². The third-order valence-electron chi connectivity index (χ3n) is 4.48. The smallest absolute Gasteiger partial charge is 0.119 e. The van der Waals surface area contributed by atoms with Crippen LogP contribution in [0.5, 0.6) is 5.75 Å². The molecule has 132 valence electrons. The van der Waals surface area contributed by atoms with Crippen LogP contribution in [-0.2, 0) is 13.0 Å². The SMILES string of the molecule is CCCCCCOc1ccc(C(CC)Cc2cn(CC)nn2)cc1. The molecule has 1 heterocycles. The van der Waals surface area contributed by atoms with E-state index in [0.29, 0.717) is 5.92 Å². The van der Waals surface area contributed by atoms with Crippen LogP contribution in [0.15, 0.2) is 30.5 Å². The third kappa shape index (κ3) is 5.66. The Morgan fingerprint density at radius 1 is 1.04 bits per heavy atom. The Morgan fingerprint density at radius 2 is 1.83 bits per heavy atom. The molecule has 1 aromatic carbocycles. The summed E-state index contributed by atoms with van der Waals surface area (Å²) < 4.78 is 7.72. The number of aromatic nitrogens is 3. The molecule has 4 nitrogen and oxygen atoms in total. The van der Waals surface area contributed by atoms with E-state index in [0.717, 1.165) is 43.9 Å². The minimum absolute atomic E-state index is 0.477. The number of hydrogen-bond acceptors (Lipinski definition) is 3. The van der Waals surface area contributed by atoms with Crippen LogP contribution in [0.25, 0.3) is 0 Å². The maximum Gasteiger partial charge on any atom is 0.119 e. The topological polar surface area (TPSA) is 39.9 Å². The lowest BCUT2D eigenvalue weighted by Gasteiger charge is -2.14. The Kier molecular flexibility index (Phi) is 7.80. The van der Waals surface area contributed by atoms with Gasteiger partial charge in [0.05, 0.1) is 12.3 Å². The van der Waals surface area contributed by atoms with E-state index in [1.165, 1.54) is 24.8 Å². The molecule has 0 radical (unpaired) electrons. The predicted molar refractivity (Wildman–Crippen MR) is 98.5 cm³/mol. The van der Waals surface area contributed by atoms with E-state index in [1.54, 1.807) is 0 Å². The van der Waals surface area contributed by atoms with Gasteiger partial charge in [0.1, 0.15) is 5.75 Å². The molecule has 0 aliphatic heterocycles. The van der Waals surface area contributed by atoms with Crippen LogP contribution < -0.4 is 4.74 Å². The van der Waals surface area contributed by atoms with Crippen molar-refractivity contribution in [2.45, 2.75) is 71.8 Å². The number of unbranched alkanes of at least 4 members (excludes halogenated alkanes) is 3. The van der Waals surface area contributed by atoms with Gasteiger partial charge in [-0.25, -0.2) is 0 Å². The highest BCUT2D eigenvalue weighted by Gasteiger charge is 2.13. The molecule has 1 aromatic heterocycles. The summed E-state index contributed by atoms with van der Waals surface area (Å²) in [6.45, 7) is 8.22. The molecule has 4 heteroatoms. The first-order valence-electron chi connectivity index (χ1n) is 9.38. The van der Waals surface area contributed by atoms with Gasteiger partial charge in [0.15, 0.2) is 0 Å². The molecule has 0 aliphatic rings. The van der Waals surface area contributed by atoms with Crippen molar-refractivity contribution >= 4 is 0 Å². The third-order valence-corrected chi connectivity index (χ3v) is 4.48. The quantitative estimate of drug-likeness (QED) is 0.545. The molecule has 1 atom stereocenters. The second-order valence-corrected chi connectivity index (χ2v) is 6.35. The first kappa shape index (κ1) is 18.5. The van der Waals surface area contributed by atoms with Crippen molar-refractivity contribution in [3.8, 4) is 5.75 Å². The second-order valence-electron chi connectivity index (χ2n) is 6.35. The van der Waals surface area contributed by atoms with E-state index >= 15 is 0 Å². The Bertz CT molecular complexity index is 577. The van der Waals surface area contributed by atoms with E-state index < -0.39 is 0 Å². The summed E-state index contributed by atoms with van der Waals surface area (Å²) in [5, 5.41) is 8.40. The van der Waals surface area contributed by atoms with Crippen molar-refractivity contribution < 1.29 is 4.74 Å². The van der Waals surface area contributed by atoms with Crippen molar-refractivity contribution in [2.24, 2.45) is 0 Å². The number of benzene rings is 1. The summed E-state index contributed by atoms with van der Waals surface area (Å²) in [6.07, 6.45) is 9.04. The predicted octanol–water partition coefficient (Wildman–Crippen LogP) is 4.99. The normalized spacial score (nSPS) is 12.3. The first-order chi connectivity index (χ1) is 11.8. The first-order valence-corrected chi connectivity index (χ1v) is 9.38. The van der Waals surface area contributed by atoms with Crippen molar-refractivity contribution in [1.82, 2.24) is 15.0 Å². The molecule has 0 spiro atoms. The van der Waals surface area contributed by atoms with Crippen LogP contribution in [0.1, 0.15) is 70.1 Å². The van der Waals surface area contributed by atoms with Crippen molar-refractivity contribution in [3.63, 3.8) is 0 Å². The largest absolute Gasteiger partial charge is 0.494 e. The van der Waals surface area contributed by atoms with E-state index in [9.17, 15) is 0 Å². The number of ether oxygens (including phenoxy) is 1. The molecule has 0 bridgehead atoms. The molecular formula is C20H31N3O. The average Bonchev–Trinajstić information content (AvgIpc) is 3.08. The highest BCUT2D eigenvalue weighted by molar-refractivity contribution is 5.30. The maximum absolute atomic E-state index is 5.83. The molecule has 0 amide bonds. The van der Waals surface area contributed by atoms with Gasteiger partial charge in [0.25, 0.3) is 0 Å². The van der Waals surface area contributed by atoms with Crippen LogP contribution in [0.2, 0.25) is 0 Å². The summed E-state index contributed by atoms with van der Waals surface area (Å²) in [7, 11) is 0. The fourth-order valence-electron chi connectivity index (χ4n) is 2.89. The zero-order valence-corrected chi connectivity index (χ0v) is 15.4. The Labute approximate surface area is 146 Å². The summed E-state index contributed by atoms with van der Waals surface area (Å²) >= 11 is 0. The highest BCUT2D eigenvalue weighted by Crippen LogP contribution is 2.25. The number of nitrogens with zero attached hydrogens (tertiary/aromatic N) is 3. The van der Waals surface area contributed by atoms with Crippen molar-refractivity contribution in [1.29, 1.82) is 0 Å². The molecular weight excluding hydrogens is 298 g/mol. The summed E-state index contributed by atoms with van der Waals surface area (Å²) in [4.78, 5) is 0.